The van der Waals surface area contributed by atoms with Crippen molar-refractivity contribution in [2.45, 2.75) is 25.7 Å². The van der Waals surface area contributed by atoms with Crippen molar-refractivity contribution in [2.75, 3.05) is 26.2 Å². The predicted octanol–water partition coefficient (Wildman–Crippen LogP) is 1.18. The number of imide groups is 1. The molecule has 6 nitrogen and oxygen atoms in total. The molecule has 0 unspecified atom stereocenters. The molecule has 0 aromatic heterocycles. The molecule has 3 amide bonds. The van der Waals surface area contributed by atoms with Crippen LogP contribution in [-0.4, -0.2) is 48.8 Å². The molecule has 1 fully saturated rings. The Kier molecular flexibility index (Phi) is 5.25. The van der Waals surface area contributed by atoms with Crippen molar-refractivity contribution in [1.29, 1.82) is 0 Å². The summed E-state index contributed by atoms with van der Waals surface area (Å²) in [5.41, 5.74) is 0.975. The smallest absolute Gasteiger partial charge is 0.261 e. The first-order chi connectivity index (χ1) is 11.7. The molecule has 0 saturated carbocycles. The Labute approximate surface area is 141 Å². The van der Waals surface area contributed by atoms with Gasteiger partial charge in [0.25, 0.3) is 11.8 Å². The lowest BCUT2D eigenvalue weighted by atomic mass is 9.97. The van der Waals surface area contributed by atoms with Crippen LogP contribution < -0.4 is 10.6 Å². The zero-order chi connectivity index (χ0) is 16.9. The van der Waals surface area contributed by atoms with E-state index in [0.717, 1.165) is 32.4 Å². The fraction of sp³-hybridized carbons (Fsp3) is 0.500. The molecule has 128 valence electrons. The number of piperidine rings is 1. The third kappa shape index (κ3) is 3.48. The number of rotatable bonds is 6. The Morgan fingerprint density at radius 1 is 1.08 bits per heavy atom. The first-order valence-corrected chi connectivity index (χ1v) is 8.62. The SMILES string of the molecule is O=C(NCCCCN1C(=O)c2ccccc2C1=O)C1CCNCC1. The molecule has 0 spiro atoms. The Bertz CT molecular complexity index is 603. The van der Waals surface area contributed by atoms with Gasteiger partial charge in [0.2, 0.25) is 5.91 Å². The summed E-state index contributed by atoms with van der Waals surface area (Å²) in [7, 11) is 0. The Hall–Kier alpha value is -2.21. The molecule has 1 aromatic rings. The van der Waals surface area contributed by atoms with Crippen molar-refractivity contribution in [3.8, 4) is 0 Å². The average Bonchev–Trinajstić information content (AvgIpc) is 2.87. The van der Waals surface area contributed by atoms with Crippen LogP contribution in [0.5, 0.6) is 0 Å². The quantitative estimate of drug-likeness (QED) is 0.607. The molecule has 1 aromatic carbocycles. The van der Waals surface area contributed by atoms with Gasteiger partial charge >= 0.3 is 0 Å². The maximum atomic E-state index is 12.2. The van der Waals surface area contributed by atoms with E-state index in [1.54, 1.807) is 24.3 Å². The highest BCUT2D eigenvalue weighted by molar-refractivity contribution is 6.21. The Morgan fingerprint density at radius 3 is 2.33 bits per heavy atom. The minimum Gasteiger partial charge on any atom is -0.356 e. The lowest BCUT2D eigenvalue weighted by Crippen LogP contribution is -2.38. The number of hydrogen-bond donors (Lipinski definition) is 2. The number of nitrogens with zero attached hydrogens (tertiary/aromatic N) is 1. The number of amides is 3. The highest BCUT2D eigenvalue weighted by atomic mass is 16.2. The molecule has 0 bridgehead atoms. The average molecular weight is 329 g/mol. The van der Waals surface area contributed by atoms with Gasteiger partial charge in [-0.15, -0.1) is 0 Å². The molecular weight excluding hydrogens is 306 g/mol. The molecular formula is C18H23N3O3. The fourth-order valence-corrected chi connectivity index (χ4v) is 3.28. The van der Waals surface area contributed by atoms with E-state index in [9.17, 15) is 14.4 Å². The van der Waals surface area contributed by atoms with Crippen LogP contribution in [0.15, 0.2) is 24.3 Å². The van der Waals surface area contributed by atoms with Crippen LogP contribution >= 0.6 is 0 Å². The Balaban J connectivity index is 1.39. The van der Waals surface area contributed by atoms with Crippen molar-refractivity contribution in [3.05, 3.63) is 35.4 Å². The minimum absolute atomic E-state index is 0.113. The number of hydrogen-bond acceptors (Lipinski definition) is 4. The van der Waals surface area contributed by atoms with Crippen LogP contribution in [0.2, 0.25) is 0 Å². The van der Waals surface area contributed by atoms with Gasteiger partial charge in [-0.25, -0.2) is 0 Å². The van der Waals surface area contributed by atoms with E-state index < -0.39 is 0 Å². The third-order valence-corrected chi connectivity index (χ3v) is 4.70. The number of carbonyl (C=O) groups excluding carboxylic acids is 3. The first-order valence-electron chi connectivity index (χ1n) is 8.62. The topological polar surface area (TPSA) is 78.5 Å². The van der Waals surface area contributed by atoms with Crippen LogP contribution in [0, 0.1) is 5.92 Å². The van der Waals surface area contributed by atoms with E-state index in [4.69, 9.17) is 0 Å². The van der Waals surface area contributed by atoms with Gasteiger partial charge in [-0.3, -0.25) is 19.3 Å². The molecule has 1 saturated heterocycles. The van der Waals surface area contributed by atoms with Gasteiger partial charge in [0.15, 0.2) is 0 Å². The van der Waals surface area contributed by atoms with Gasteiger partial charge in [0, 0.05) is 19.0 Å². The number of benzene rings is 1. The number of nitrogens with one attached hydrogen (secondary N) is 2. The van der Waals surface area contributed by atoms with Gasteiger partial charge in [0.1, 0.15) is 0 Å². The molecule has 0 aliphatic carbocycles. The second-order valence-corrected chi connectivity index (χ2v) is 6.33. The van der Waals surface area contributed by atoms with Crippen molar-refractivity contribution in [3.63, 3.8) is 0 Å². The van der Waals surface area contributed by atoms with Gasteiger partial charge in [-0.2, -0.15) is 0 Å². The zero-order valence-electron chi connectivity index (χ0n) is 13.7. The second kappa shape index (κ2) is 7.57. The largest absolute Gasteiger partial charge is 0.356 e. The van der Waals surface area contributed by atoms with E-state index in [2.05, 4.69) is 10.6 Å². The summed E-state index contributed by atoms with van der Waals surface area (Å²) < 4.78 is 0. The third-order valence-electron chi connectivity index (χ3n) is 4.70. The summed E-state index contributed by atoms with van der Waals surface area (Å²) in [5, 5.41) is 6.21. The summed E-state index contributed by atoms with van der Waals surface area (Å²) in [6, 6.07) is 6.91. The molecule has 3 rings (SSSR count). The van der Waals surface area contributed by atoms with Gasteiger partial charge in [-0.05, 0) is 50.9 Å². The number of carbonyl (C=O) groups is 3. The molecule has 2 aliphatic heterocycles. The summed E-state index contributed by atoms with van der Waals surface area (Å²) in [6.45, 7) is 2.79. The van der Waals surface area contributed by atoms with E-state index in [1.165, 1.54) is 4.90 Å². The van der Waals surface area contributed by atoms with Crippen LogP contribution in [0.25, 0.3) is 0 Å². The van der Waals surface area contributed by atoms with Gasteiger partial charge in [0.05, 0.1) is 11.1 Å². The number of fused-ring (bicyclic) bond motifs is 1. The standard InChI is InChI=1S/C18H23N3O3/c22-16(13-7-10-19-11-8-13)20-9-3-4-12-21-17(23)14-5-1-2-6-15(14)18(21)24/h1-2,5-6,13,19H,3-4,7-12H2,(H,20,22). The lowest BCUT2D eigenvalue weighted by molar-refractivity contribution is -0.125. The first kappa shape index (κ1) is 16.6. The fourth-order valence-electron chi connectivity index (χ4n) is 3.28. The summed E-state index contributed by atoms with van der Waals surface area (Å²) in [4.78, 5) is 37.7. The van der Waals surface area contributed by atoms with Crippen molar-refractivity contribution < 1.29 is 14.4 Å². The van der Waals surface area contributed by atoms with Crippen LogP contribution in [-0.2, 0) is 4.79 Å². The van der Waals surface area contributed by atoms with E-state index in [0.29, 0.717) is 30.6 Å². The highest BCUT2D eigenvalue weighted by Crippen LogP contribution is 2.22. The van der Waals surface area contributed by atoms with Crippen LogP contribution in [0.4, 0.5) is 0 Å². The Morgan fingerprint density at radius 2 is 1.71 bits per heavy atom. The summed E-state index contributed by atoms with van der Waals surface area (Å²) in [5.74, 6) is -0.191. The molecule has 2 N–H and O–H groups in total. The van der Waals surface area contributed by atoms with E-state index in [-0.39, 0.29) is 23.6 Å². The van der Waals surface area contributed by atoms with E-state index >= 15 is 0 Å². The van der Waals surface area contributed by atoms with E-state index in [1.807, 2.05) is 0 Å². The number of unbranched alkanes of at least 4 members (excludes halogenated alkanes) is 1. The lowest BCUT2D eigenvalue weighted by Gasteiger charge is -2.21. The molecule has 2 aliphatic rings. The normalized spacial score (nSPS) is 17.9. The van der Waals surface area contributed by atoms with Gasteiger partial charge < -0.3 is 10.6 Å². The monoisotopic (exact) mass is 329 g/mol. The molecule has 24 heavy (non-hydrogen) atoms. The predicted molar refractivity (Wildman–Crippen MR) is 89.6 cm³/mol. The molecule has 2 heterocycles. The minimum atomic E-state index is -0.214. The van der Waals surface area contributed by atoms with Crippen LogP contribution in [0.3, 0.4) is 0 Å². The van der Waals surface area contributed by atoms with Crippen molar-refractivity contribution in [2.24, 2.45) is 5.92 Å². The van der Waals surface area contributed by atoms with Crippen molar-refractivity contribution in [1.82, 2.24) is 15.5 Å². The summed E-state index contributed by atoms with van der Waals surface area (Å²) in [6.07, 6.45) is 3.23. The molecule has 6 heteroatoms. The van der Waals surface area contributed by atoms with Crippen LogP contribution in [0.1, 0.15) is 46.4 Å². The maximum Gasteiger partial charge on any atom is 0.261 e. The molecule has 0 radical (unpaired) electrons. The highest BCUT2D eigenvalue weighted by Gasteiger charge is 2.34. The molecule has 0 atom stereocenters. The zero-order valence-corrected chi connectivity index (χ0v) is 13.7. The van der Waals surface area contributed by atoms with Crippen molar-refractivity contribution >= 4 is 17.7 Å². The summed E-state index contributed by atoms with van der Waals surface area (Å²) >= 11 is 0. The maximum absolute atomic E-state index is 12.2. The van der Waals surface area contributed by atoms with Gasteiger partial charge in [-0.1, -0.05) is 12.1 Å². The second-order valence-electron chi connectivity index (χ2n) is 6.33.